The van der Waals surface area contributed by atoms with Crippen LogP contribution >= 0.6 is 11.8 Å². The van der Waals surface area contributed by atoms with Crippen molar-refractivity contribution >= 4 is 23.7 Å². The molecule has 6 nitrogen and oxygen atoms in total. The molecule has 1 aromatic rings. The van der Waals surface area contributed by atoms with E-state index in [-0.39, 0.29) is 5.95 Å². The van der Waals surface area contributed by atoms with E-state index in [1.807, 2.05) is 30.6 Å². The highest BCUT2D eigenvalue weighted by atomic mass is 32.2. The fraction of sp³-hybridized carbons (Fsp3) is 0.750. The molecular weight excluding hydrogens is 262 g/mol. The molecule has 1 atom stereocenters. The molecule has 0 aliphatic carbocycles. The fourth-order valence-corrected chi connectivity index (χ4v) is 2.03. The molecule has 1 rings (SSSR count). The SMILES string of the molecule is CCCOc1nc(N)nc(N(C)C(C)CCSC)n1. The number of thioether (sulfide) groups is 1. The summed E-state index contributed by atoms with van der Waals surface area (Å²) in [6.07, 6.45) is 4.07. The van der Waals surface area contributed by atoms with Crippen LogP contribution in [-0.4, -0.2) is 46.7 Å². The molecule has 1 unspecified atom stereocenters. The van der Waals surface area contributed by atoms with Crippen LogP contribution in [0.5, 0.6) is 6.01 Å². The molecular formula is C12H23N5OS. The van der Waals surface area contributed by atoms with Crippen molar-refractivity contribution in [2.45, 2.75) is 32.7 Å². The lowest BCUT2D eigenvalue weighted by Gasteiger charge is -2.24. The summed E-state index contributed by atoms with van der Waals surface area (Å²) in [5.74, 6) is 1.86. The molecule has 1 heterocycles. The Morgan fingerprint density at radius 3 is 2.74 bits per heavy atom. The van der Waals surface area contributed by atoms with Crippen LogP contribution in [0.3, 0.4) is 0 Å². The number of anilines is 2. The minimum Gasteiger partial charge on any atom is -0.463 e. The molecule has 0 aliphatic heterocycles. The Kier molecular flexibility index (Phi) is 6.69. The van der Waals surface area contributed by atoms with E-state index in [0.717, 1.165) is 18.6 Å². The zero-order valence-corrected chi connectivity index (χ0v) is 12.9. The first kappa shape index (κ1) is 15.8. The average molecular weight is 285 g/mol. The standard InChI is InChI=1S/C12H23N5OS/c1-5-7-18-12-15-10(13)14-11(16-12)17(3)9(2)6-8-19-4/h9H,5-8H2,1-4H3,(H2,13,14,15,16). The van der Waals surface area contributed by atoms with E-state index >= 15 is 0 Å². The second-order valence-corrected chi connectivity index (χ2v) is 5.35. The first-order chi connectivity index (χ1) is 9.08. The number of nitrogen functional groups attached to an aromatic ring is 1. The van der Waals surface area contributed by atoms with Gasteiger partial charge in [0.2, 0.25) is 11.9 Å². The van der Waals surface area contributed by atoms with E-state index in [1.54, 1.807) is 0 Å². The highest BCUT2D eigenvalue weighted by Gasteiger charge is 2.15. The molecule has 0 spiro atoms. The predicted octanol–water partition coefficient (Wildman–Crippen LogP) is 1.82. The summed E-state index contributed by atoms with van der Waals surface area (Å²) < 4.78 is 5.41. The van der Waals surface area contributed by atoms with E-state index in [0.29, 0.717) is 24.6 Å². The third-order valence-corrected chi connectivity index (χ3v) is 3.42. The zero-order valence-electron chi connectivity index (χ0n) is 12.1. The van der Waals surface area contributed by atoms with Gasteiger partial charge in [0.25, 0.3) is 0 Å². The summed E-state index contributed by atoms with van der Waals surface area (Å²) >= 11 is 1.83. The van der Waals surface area contributed by atoms with Crippen molar-refractivity contribution in [1.82, 2.24) is 15.0 Å². The van der Waals surface area contributed by atoms with Gasteiger partial charge < -0.3 is 15.4 Å². The third kappa shape index (κ3) is 5.10. The highest BCUT2D eigenvalue weighted by molar-refractivity contribution is 7.98. The van der Waals surface area contributed by atoms with Gasteiger partial charge in [0.05, 0.1) is 6.61 Å². The summed E-state index contributed by atoms with van der Waals surface area (Å²) in [6.45, 7) is 4.75. The molecule has 1 aromatic heterocycles. The van der Waals surface area contributed by atoms with Gasteiger partial charge >= 0.3 is 6.01 Å². The Morgan fingerprint density at radius 1 is 1.37 bits per heavy atom. The molecule has 7 heteroatoms. The fourth-order valence-electron chi connectivity index (χ4n) is 1.46. The van der Waals surface area contributed by atoms with Crippen molar-refractivity contribution in [3.63, 3.8) is 0 Å². The lowest BCUT2D eigenvalue weighted by Crippen LogP contribution is -2.31. The van der Waals surface area contributed by atoms with Crippen LogP contribution in [0.25, 0.3) is 0 Å². The normalized spacial score (nSPS) is 12.2. The minimum absolute atomic E-state index is 0.194. The van der Waals surface area contributed by atoms with Crippen LogP contribution in [-0.2, 0) is 0 Å². The van der Waals surface area contributed by atoms with Gasteiger partial charge in [-0.25, -0.2) is 0 Å². The molecule has 0 aliphatic rings. The van der Waals surface area contributed by atoms with Gasteiger partial charge in [-0.1, -0.05) is 6.92 Å². The molecule has 0 bridgehead atoms. The van der Waals surface area contributed by atoms with E-state index < -0.39 is 0 Å². The first-order valence-electron chi connectivity index (χ1n) is 6.44. The Morgan fingerprint density at radius 2 is 2.11 bits per heavy atom. The number of rotatable bonds is 8. The van der Waals surface area contributed by atoms with Gasteiger partial charge in [-0.3, -0.25) is 0 Å². The lowest BCUT2D eigenvalue weighted by atomic mass is 10.2. The Labute approximate surface area is 119 Å². The zero-order chi connectivity index (χ0) is 14.3. The van der Waals surface area contributed by atoms with E-state index in [9.17, 15) is 0 Å². The van der Waals surface area contributed by atoms with Crippen molar-refractivity contribution in [3.05, 3.63) is 0 Å². The van der Waals surface area contributed by atoms with Crippen LogP contribution in [0.1, 0.15) is 26.7 Å². The van der Waals surface area contributed by atoms with E-state index in [4.69, 9.17) is 10.5 Å². The number of aromatic nitrogens is 3. The maximum absolute atomic E-state index is 5.70. The summed E-state index contributed by atoms with van der Waals surface area (Å²) in [5, 5.41) is 0. The molecule has 0 amide bonds. The van der Waals surface area contributed by atoms with Crippen LogP contribution in [0, 0.1) is 0 Å². The monoisotopic (exact) mass is 285 g/mol. The van der Waals surface area contributed by atoms with Crippen LogP contribution in [0.4, 0.5) is 11.9 Å². The van der Waals surface area contributed by atoms with E-state index in [2.05, 4.69) is 28.1 Å². The molecule has 0 radical (unpaired) electrons. The molecule has 0 fully saturated rings. The number of hydrogen-bond donors (Lipinski definition) is 1. The smallest absolute Gasteiger partial charge is 0.323 e. The number of nitrogens with two attached hydrogens (primary N) is 1. The van der Waals surface area contributed by atoms with Crippen molar-refractivity contribution in [1.29, 1.82) is 0 Å². The van der Waals surface area contributed by atoms with Crippen LogP contribution in [0.15, 0.2) is 0 Å². The van der Waals surface area contributed by atoms with Gasteiger partial charge in [0.1, 0.15) is 0 Å². The maximum atomic E-state index is 5.70. The molecule has 0 saturated heterocycles. The number of ether oxygens (including phenoxy) is 1. The predicted molar refractivity (Wildman–Crippen MR) is 80.9 cm³/mol. The van der Waals surface area contributed by atoms with Gasteiger partial charge in [-0.15, -0.1) is 0 Å². The molecule has 0 saturated carbocycles. The second-order valence-electron chi connectivity index (χ2n) is 4.37. The third-order valence-electron chi connectivity index (χ3n) is 2.77. The quantitative estimate of drug-likeness (QED) is 0.780. The van der Waals surface area contributed by atoms with Gasteiger partial charge in [0.15, 0.2) is 0 Å². The lowest BCUT2D eigenvalue weighted by molar-refractivity contribution is 0.292. The minimum atomic E-state index is 0.194. The average Bonchev–Trinajstić information content (AvgIpc) is 2.41. The van der Waals surface area contributed by atoms with Crippen LogP contribution in [0.2, 0.25) is 0 Å². The first-order valence-corrected chi connectivity index (χ1v) is 7.84. The number of nitrogens with zero attached hydrogens (tertiary/aromatic N) is 4. The van der Waals surface area contributed by atoms with Gasteiger partial charge in [0, 0.05) is 13.1 Å². The van der Waals surface area contributed by atoms with Crippen molar-refractivity contribution in [2.75, 3.05) is 36.3 Å². The topological polar surface area (TPSA) is 77.2 Å². The van der Waals surface area contributed by atoms with Gasteiger partial charge in [-0.2, -0.15) is 26.7 Å². The second kappa shape index (κ2) is 8.04. The van der Waals surface area contributed by atoms with Crippen molar-refractivity contribution in [2.24, 2.45) is 0 Å². The molecule has 19 heavy (non-hydrogen) atoms. The largest absolute Gasteiger partial charge is 0.463 e. The Hall–Kier alpha value is -1.24. The molecule has 108 valence electrons. The molecule has 2 N–H and O–H groups in total. The summed E-state index contributed by atoms with van der Waals surface area (Å²) in [4.78, 5) is 14.4. The van der Waals surface area contributed by atoms with Gasteiger partial charge in [-0.05, 0) is 31.8 Å². The Bertz CT molecular complexity index is 390. The summed E-state index contributed by atoms with van der Waals surface area (Å²) in [5.41, 5.74) is 5.70. The highest BCUT2D eigenvalue weighted by Crippen LogP contribution is 2.16. The van der Waals surface area contributed by atoms with Crippen molar-refractivity contribution < 1.29 is 4.74 Å². The summed E-state index contributed by atoms with van der Waals surface area (Å²) in [6, 6.07) is 0.640. The Balaban J connectivity index is 2.77. The number of hydrogen-bond acceptors (Lipinski definition) is 7. The molecule has 0 aromatic carbocycles. The van der Waals surface area contributed by atoms with Crippen LogP contribution < -0.4 is 15.4 Å². The van der Waals surface area contributed by atoms with E-state index in [1.165, 1.54) is 0 Å². The summed E-state index contributed by atoms with van der Waals surface area (Å²) in [7, 11) is 1.96. The van der Waals surface area contributed by atoms with Crippen molar-refractivity contribution in [3.8, 4) is 6.01 Å². The maximum Gasteiger partial charge on any atom is 0.323 e.